The SMILES string of the molecule is O=C(O)C1CCC1C(=O)NCCCSc1ccc(F)cc1. The average molecular weight is 311 g/mol. The van der Waals surface area contributed by atoms with E-state index in [1.54, 1.807) is 23.9 Å². The van der Waals surface area contributed by atoms with Crippen molar-refractivity contribution < 1.29 is 19.1 Å². The maximum atomic E-state index is 12.7. The van der Waals surface area contributed by atoms with Crippen LogP contribution in [0.15, 0.2) is 29.2 Å². The van der Waals surface area contributed by atoms with Crippen molar-refractivity contribution in [3.8, 4) is 0 Å². The first kappa shape index (κ1) is 15.8. The van der Waals surface area contributed by atoms with Crippen molar-refractivity contribution in [2.24, 2.45) is 11.8 Å². The molecule has 0 spiro atoms. The van der Waals surface area contributed by atoms with Gasteiger partial charge in [-0.15, -0.1) is 11.8 Å². The van der Waals surface area contributed by atoms with Crippen LogP contribution in [-0.2, 0) is 9.59 Å². The van der Waals surface area contributed by atoms with Crippen molar-refractivity contribution in [2.45, 2.75) is 24.2 Å². The number of aliphatic carboxylic acids is 1. The van der Waals surface area contributed by atoms with Gasteiger partial charge in [-0.1, -0.05) is 0 Å². The van der Waals surface area contributed by atoms with Crippen molar-refractivity contribution in [1.82, 2.24) is 5.32 Å². The molecule has 2 atom stereocenters. The molecule has 2 rings (SSSR count). The monoisotopic (exact) mass is 311 g/mol. The van der Waals surface area contributed by atoms with Gasteiger partial charge in [0.05, 0.1) is 11.8 Å². The molecule has 1 aliphatic carbocycles. The highest BCUT2D eigenvalue weighted by Crippen LogP contribution is 2.34. The summed E-state index contributed by atoms with van der Waals surface area (Å²) in [5.41, 5.74) is 0. The number of halogens is 1. The predicted octanol–water partition coefficient (Wildman–Crippen LogP) is 2.53. The third-order valence-corrected chi connectivity index (χ3v) is 4.73. The highest BCUT2D eigenvalue weighted by Gasteiger charge is 2.41. The van der Waals surface area contributed by atoms with E-state index in [0.717, 1.165) is 17.1 Å². The first-order valence-corrected chi connectivity index (χ1v) is 7.95. The number of nitrogens with one attached hydrogen (secondary N) is 1. The molecule has 0 aromatic heterocycles. The van der Waals surface area contributed by atoms with E-state index in [1.807, 2.05) is 0 Å². The van der Waals surface area contributed by atoms with Gasteiger partial charge in [0.2, 0.25) is 5.91 Å². The molecule has 0 saturated heterocycles. The second-order valence-corrected chi connectivity index (χ2v) is 6.24. The van der Waals surface area contributed by atoms with E-state index >= 15 is 0 Å². The van der Waals surface area contributed by atoms with Crippen molar-refractivity contribution in [1.29, 1.82) is 0 Å². The van der Waals surface area contributed by atoms with Crippen LogP contribution in [0.5, 0.6) is 0 Å². The van der Waals surface area contributed by atoms with Gasteiger partial charge < -0.3 is 10.4 Å². The molecule has 0 bridgehead atoms. The van der Waals surface area contributed by atoms with E-state index in [4.69, 9.17) is 5.11 Å². The average Bonchev–Trinajstić information content (AvgIpc) is 2.38. The molecule has 21 heavy (non-hydrogen) atoms. The molecular formula is C15H18FNO3S. The highest BCUT2D eigenvalue weighted by atomic mass is 32.2. The summed E-state index contributed by atoms with van der Waals surface area (Å²) in [6.45, 7) is 0.538. The molecule has 1 aromatic carbocycles. The molecule has 1 aliphatic rings. The molecule has 114 valence electrons. The highest BCUT2D eigenvalue weighted by molar-refractivity contribution is 7.99. The Balaban J connectivity index is 1.60. The minimum atomic E-state index is -0.881. The number of amides is 1. The van der Waals surface area contributed by atoms with Crippen LogP contribution in [-0.4, -0.2) is 29.3 Å². The van der Waals surface area contributed by atoms with E-state index in [2.05, 4.69) is 5.32 Å². The zero-order valence-electron chi connectivity index (χ0n) is 11.5. The number of thioether (sulfide) groups is 1. The van der Waals surface area contributed by atoms with Crippen molar-refractivity contribution >= 4 is 23.6 Å². The standard InChI is InChI=1S/C15H18FNO3S/c16-10-2-4-11(5-3-10)21-9-1-8-17-14(18)12-6-7-13(12)15(19)20/h2-5,12-13H,1,6-9H2,(H,17,18)(H,19,20). The predicted molar refractivity (Wildman–Crippen MR) is 78.6 cm³/mol. The van der Waals surface area contributed by atoms with Gasteiger partial charge in [0, 0.05) is 11.4 Å². The summed E-state index contributed by atoms with van der Waals surface area (Å²) in [5, 5.41) is 11.7. The van der Waals surface area contributed by atoms with Crippen LogP contribution in [0.1, 0.15) is 19.3 Å². The van der Waals surface area contributed by atoms with Gasteiger partial charge in [-0.25, -0.2) is 4.39 Å². The van der Waals surface area contributed by atoms with Crippen LogP contribution >= 0.6 is 11.8 Å². The first-order valence-electron chi connectivity index (χ1n) is 6.97. The molecule has 1 fully saturated rings. The van der Waals surface area contributed by atoms with Crippen LogP contribution in [0, 0.1) is 17.7 Å². The minimum absolute atomic E-state index is 0.152. The summed E-state index contributed by atoms with van der Waals surface area (Å²) in [4.78, 5) is 23.6. The summed E-state index contributed by atoms with van der Waals surface area (Å²) in [5.74, 6) is -1.35. The number of hydrogen-bond acceptors (Lipinski definition) is 3. The van der Waals surface area contributed by atoms with Gasteiger partial charge in [0.15, 0.2) is 0 Å². The van der Waals surface area contributed by atoms with Gasteiger partial charge >= 0.3 is 5.97 Å². The maximum Gasteiger partial charge on any atom is 0.307 e. The van der Waals surface area contributed by atoms with Crippen LogP contribution in [0.3, 0.4) is 0 Å². The Hall–Kier alpha value is -1.56. The lowest BCUT2D eigenvalue weighted by Gasteiger charge is -2.31. The number of carbonyl (C=O) groups excluding carboxylic acids is 1. The first-order chi connectivity index (χ1) is 10.1. The number of benzene rings is 1. The fourth-order valence-corrected chi connectivity index (χ4v) is 3.10. The zero-order valence-corrected chi connectivity index (χ0v) is 12.4. The molecule has 6 heteroatoms. The number of rotatable bonds is 7. The molecule has 1 amide bonds. The van der Waals surface area contributed by atoms with E-state index < -0.39 is 11.9 Å². The normalized spacial score (nSPS) is 20.6. The lowest BCUT2D eigenvalue weighted by atomic mass is 9.73. The molecule has 2 unspecified atom stereocenters. The van der Waals surface area contributed by atoms with Crippen molar-refractivity contribution in [3.05, 3.63) is 30.1 Å². The van der Waals surface area contributed by atoms with Gasteiger partial charge in [0.25, 0.3) is 0 Å². The number of carboxylic acid groups (broad SMARTS) is 1. The molecule has 1 aromatic rings. The second-order valence-electron chi connectivity index (χ2n) is 5.08. The maximum absolute atomic E-state index is 12.7. The summed E-state index contributed by atoms with van der Waals surface area (Å²) in [6, 6.07) is 6.30. The molecule has 4 nitrogen and oxygen atoms in total. The molecular weight excluding hydrogens is 293 g/mol. The molecule has 1 saturated carbocycles. The topological polar surface area (TPSA) is 66.4 Å². The Kier molecular flexibility index (Phi) is 5.61. The number of carboxylic acids is 1. The number of hydrogen-bond donors (Lipinski definition) is 2. The summed E-state index contributed by atoms with van der Waals surface area (Å²) >= 11 is 1.60. The van der Waals surface area contributed by atoms with Gasteiger partial charge in [0.1, 0.15) is 5.82 Å². The molecule has 0 aliphatic heterocycles. The Labute approximate surface area is 127 Å². The van der Waals surface area contributed by atoms with Crippen molar-refractivity contribution in [3.63, 3.8) is 0 Å². The Morgan fingerprint density at radius 2 is 1.90 bits per heavy atom. The largest absolute Gasteiger partial charge is 0.481 e. The second kappa shape index (κ2) is 7.45. The molecule has 2 N–H and O–H groups in total. The third kappa shape index (κ3) is 4.46. The van der Waals surface area contributed by atoms with Crippen LogP contribution in [0.4, 0.5) is 4.39 Å². The van der Waals surface area contributed by atoms with E-state index in [-0.39, 0.29) is 17.6 Å². The lowest BCUT2D eigenvalue weighted by Crippen LogP contribution is -2.44. The molecule has 0 radical (unpaired) electrons. The summed E-state index contributed by atoms with van der Waals surface area (Å²) in [7, 11) is 0. The zero-order chi connectivity index (χ0) is 15.2. The summed E-state index contributed by atoms with van der Waals surface area (Å²) < 4.78 is 12.7. The van der Waals surface area contributed by atoms with Crippen molar-refractivity contribution in [2.75, 3.05) is 12.3 Å². The minimum Gasteiger partial charge on any atom is -0.481 e. The molecule has 0 heterocycles. The van der Waals surface area contributed by atoms with E-state index in [0.29, 0.717) is 19.4 Å². The quantitative estimate of drug-likeness (QED) is 0.600. The summed E-state index contributed by atoms with van der Waals surface area (Å²) in [6.07, 6.45) is 2.04. The number of carbonyl (C=O) groups is 2. The Morgan fingerprint density at radius 3 is 2.48 bits per heavy atom. The Bertz CT molecular complexity index is 506. The van der Waals surface area contributed by atoms with Gasteiger partial charge in [-0.2, -0.15) is 0 Å². The van der Waals surface area contributed by atoms with Gasteiger partial charge in [-0.3, -0.25) is 9.59 Å². The smallest absolute Gasteiger partial charge is 0.307 e. The fourth-order valence-electron chi connectivity index (χ4n) is 2.25. The lowest BCUT2D eigenvalue weighted by molar-refractivity contribution is -0.152. The van der Waals surface area contributed by atoms with Crippen LogP contribution in [0.2, 0.25) is 0 Å². The fraction of sp³-hybridized carbons (Fsp3) is 0.467. The third-order valence-electron chi connectivity index (χ3n) is 3.63. The Morgan fingerprint density at radius 1 is 1.24 bits per heavy atom. The van der Waals surface area contributed by atoms with Crippen LogP contribution < -0.4 is 5.32 Å². The van der Waals surface area contributed by atoms with E-state index in [1.165, 1.54) is 12.1 Å². The van der Waals surface area contributed by atoms with Gasteiger partial charge in [-0.05, 0) is 49.3 Å². The van der Waals surface area contributed by atoms with Crippen LogP contribution in [0.25, 0.3) is 0 Å². The van der Waals surface area contributed by atoms with E-state index in [9.17, 15) is 14.0 Å².